The van der Waals surface area contributed by atoms with Gasteiger partial charge in [-0.3, -0.25) is 14.9 Å². The third-order valence-corrected chi connectivity index (χ3v) is 7.53. The maximum Gasteiger partial charge on any atom is 0.318 e. The number of urea groups is 1. The molecule has 2 aliphatic heterocycles. The topological polar surface area (TPSA) is 80.4 Å². The number of rotatable bonds is 4. The van der Waals surface area contributed by atoms with Gasteiger partial charge in [0.15, 0.2) is 5.82 Å². The van der Waals surface area contributed by atoms with Crippen molar-refractivity contribution < 1.29 is 13.6 Å². The van der Waals surface area contributed by atoms with Crippen molar-refractivity contribution in [1.29, 1.82) is 0 Å². The molecule has 180 valence electrons. The fraction of sp³-hybridized carbons (Fsp3) is 0.864. The van der Waals surface area contributed by atoms with E-state index in [4.69, 9.17) is 0 Å². The van der Waals surface area contributed by atoms with Gasteiger partial charge in [-0.2, -0.15) is 5.10 Å². The lowest BCUT2D eigenvalue weighted by Gasteiger charge is -2.48. The number of carbonyl (C=O) groups is 1. The number of carbonyl (C=O) groups excluding carboxylic acids is 1. The fourth-order valence-electron chi connectivity index (χ4n) is 5.56. The summed E-state index contributed by atoms with van der Waals surface area (Å²) in [5.74, 6) is -1.95. The van der Waals surface area contributed by atoms with Crippen molar-refractivity contribution in [1.82, 2.24) is 35.2 Å². The second-order valence-corrected chi connectivity index (χ2v) is 10.0. The Hall–Kier alpha value is -1.81. The average molecular weight is 454 g/mol. The predicted octanol–water partition coefficient (Wildman–Crippen LogP) is 2.87. The van der Waals surface area contributed by atoms with Crippen LogP contribution in [-0.2, 0) is 0 Å². The van der Waals surface area contributed by atoms with Gasteiger partial charge < -0.3 is 10.2 Å². The minimum Gasteiger partial charge on any atom is -0.328 e. The molecule has 2 amide bonds. The van der Waals surface area contributed by atoms with Gasteiger partial charge in [-0.05, 0) is 45.4 Å². The molecule has 0 radical (unpaired) electrons. The number of aromatic amines is 1. The number of nitrogens with one attached hydrogen (secondary N) is 2. The summed E-state index contributed by atoms with van der Waals surface area (Å²) in [6.07, 6.45) is 4.05. The van der Waals surface area contributed by atoms with Gasteiger partial charge in [0.2, 0.25) is 0 Å². The third-order valence-electron chi connectivity index (χ3n) is 7.53. The first-order chi connectivity index (χ1) is 15.3. The third kappa shape index (κ3) is 4.90. The molecule has 1 aliphatic carbocycles. The summed E-state index contributed by atoms with van der Waals surface area (Å²) in [5.41, 5.74) is 0. The van der Waals surface area contributed by atoms with Crippen molar-refractivity contribution >= 4 is 6.03 Å². The molecule has 4 rings (SSSR count). The largest absolute Gasteiger partial charge is 0.328 e. The highest BCUT2D eigenvalue weighted by atomic mass is 19.3. The van der Waals surface area contributed by atoms with E-state index >= 15 is 8.78 Å². The zero-order chi connectivity index (χ0) is 22.9. The monoisotopic (exact) mass is 453 g/mol. The number of piperidine rings is 1. The van der Waals surface area contributed by atoms with Gasteiger partial charge in [0, 0.05) is 51.2 Å². The van der Waals surface area contributed by atoms with Gasteiger partial charge in [0.1, 0.15) is 12.4 Å². The lowest BCUT2D eigenvalue weighted by molar-refractivity contribution is -0.0977. The van der Waals surface area contributed by atoms with Crippen LogP contribution in [0, 0.1) is 5.92 Å². The Morgan fingerprint density at radius 3 is 2.62 bits per heavy atom. The number of likely N-dealkylation sites (tertiary alicyclic amines) is 1. The number of nitrogens with zero attached hydrogens (tertiary/aromatic N) is 5. The number of amides is 2. The summed E-state index contributed by atoms with van der Waals surface area (Å²) >= 11 is 0. The maximum atomic E-state index is 15.1. The Balaban J connectivity index is 1.48. The summed E-state index contributed by atoms with van der Waals surface area (Å²) in [4.78, 5) is 23.8. The molecule has 4 atom stereocenters. The van der Waals surface area contributed by atoms with Gasteiger partial charge in [-0.15, -0.1) is 0 Å². The van der Waals surface area contributed by atoms with E-state index in [-0.39, 0.29) is 18.5 Å². The van der Waals surface area contributed by atoms with Crippen LogP contribution in [0.5, 0.6) is 0 Å². The number of aromatic nitrogens is 3. The Morgan fingerprint density at radius 2 is 1.97 bits per heavy atom. The summed E-state index contributed by atoms with van der Waals surface area (Å²) in [5, 5.41) is 9.66. The molecule has 8 nitrogen and oxygen atoms in total. The lowest BCUT2D eigenvalue weighted by atomic mass is 9.85. The normalized spacial score (nSPS) is 32.2. The average Bonchev–Trinajstić information content (AvgIpc) is 3.29. The van der Waals surface area contributed by atoms with Gasteiger partial charge in [-0.1, -0.05) is 6.92 Å². The van der Waals surface area contributed by atoms with Crippen molar-refractivity contribution in [3.05, 3.63) is 12.2 Å². The van der Waals surface area contributed by atoms with Crippen LogP contribution in [0.25, 0.3) is 0 Å². The molecule has 0 aromatic carbocycles. The fourth-order valence-corrected chi connectivity index (χ4v) is 5.56. The molecule has 1 saturated carbocycles. The van der Waals surface area contributed by atoms with E-state index in [1.807, 2.05) is 0 Å². The van der Waals surface area contributed by atoms with E-state index < -0.39 is 18.0 Å². The van der Waals surface area contributed by atoms with Crippen LogP contribution in [-0.4, -0.2) is 92.7 Å². The van der Waals surface area contributed by atoms with Gasteiger partial charge in [0.25, 0.3) is 5.92 Å². The molecular formula is C22H37F2N7O. The van der Waals surface area contributed by atoms with Crippen LogP contribution >= 0.6 is 0 Å². The standard InChI is InChI=1S/C22H37F2N7O/c1-15(2)29-9-11-30(12-10-29)17-5-4-7-22(23,24)19(17)27-21(32)31-8-6-16(3)13-18(31)20-25-14-26-28-20/h14-19H,4-13H2,1-3H3,(H,27,32)(H,25,26,28)/t16?,17-,18?,19+/m0/s1. The molecule has 2 unspecified atom stereocenters. The summed E-state index contributed by atoms with van der Waals surface area (Å²) in [7, 11) is 0. The highest BCUT2D eigenvalue weighted by Crippen LogP contribution is 2.38. The van der Waals surface area contributed by atoms with E-state index in [2.05, 4.69) is 51.1 Å². The predicted molar refractivity (Wildman–Crippen MR) is 117 cm³/mol. The van der Waals surface area contributed by atoms with Crippen LogP contribution in [0.3, 0.4) is 0 Å². The number of H-pyrrole nitrogens is 1. The summed E-state index contributed by atoms with van der Waals surface area (Å²) < 4.78 is 30.3. The number of piperazine rings is 1. The van der Waals surface area contributed by atoms with Gasteiger partial charge in [-0.25, -0.2) is 18.6 Å². The second kappa shape index (κ2) is 9.59. The molecule has 3 heterocycles. The van der Waals surface area contributed by atoms with E-state index in [0.717, 1.165) is 39.0 Å². The Bertz CT molecular complexity index is 751. The van der Waals surface area contributed by atoms with Crippen molar-refractivity contribution in [3.63, 3.8) is 0 Å². The first-order valence-corrected chi connectivity index (χ1v) is 12.0. The molecule has 2 N–H and O–H groups in total. The summed E-state index contributed by atoms with van der Waals surface area (Å²) in [6, 6.07) is -1.79. The highest BCUT2D eigenvalue weighted by Gasteiger charge is 2.50. The molecular weight excluding hydrogens is 416 g/mol. The van der Waals surface area contributed by atoms with Crippen LogP contribution < -0.4 is 5.32 Å². The minimum absolute atomic E-state index is 0.179. The van der Waals surface area contributed by atoms with Crippen molar-refractivity contribution in [2.45, 2.75) is 83.0 Å². The number of halogens is 2. The Morgan fingerprint density at radius 1 is 1.22 bits per heavy atom. The molecule has 2 saturated heterocycles. The smallest absolute Gasteiger partial charge is 0.318 e. The Kier molecular flexibility index (Phi) is 7.00. The maximum absolute atomic E-state index is 15.1. The van der Waals surface area contributed by atoms with Crippen molar-refractivity contribution in [2.75, 3.05) is 32.7 Å². The quantitative estimate of drug-likeness (QED) is 0.733. The van der Waals surface area contributed by atoms with Crippen molar-refractivity contribution in [2.24, 2.45) is 5.92 Å². The van der Waals surface area contributed by atoms with Crippen molar-refractivity contribution in [3.8, 4) is 0 Å². The van der Waals surface area contributed by atoms with E-state index in [9.17, 15) is 4.79 Å². The molecule has 1 aromatic rings. The number of hydrogen-bond donors (Lipinski definition) is 2. The second-order valence-electron chi connectivity index (χ2n) is 10.0. The van der Waals surface area contributed by atoms with E-state index in [1.165, 1.54) is 6.33 Å². The van der Waals surface area contributed by atoms with Gasteiger partial charge in [0.05, 0.1) is 6.04 Å². The zero-order valence-electron chi connectivity index (χ0n) is 19.4. The molecule has 32 heavy (non-hydrogen) atoms. The van der Waals surface area contributed by atoms with E-state index in [0.29, 0.717) is 37.2 Å². The van der Waals surface area contributed by atoms with Gasteiger partial charge >= 0.3 is 6.03 Å². The molecule has 10 heteroatoms. The van der Waals surface area contributed by atoms with Crippen LogP contribution in [0.2, 0.25) is 0 Å². The lowest BCUT2D eigenvalue weighted by Crippen LogP contribution is -2.66. The Labute approximate surface area is 189 Å². The first-order valence-electron chi connectivity index (χ1n) is 12.0. The summed E-state index contributed by atoms with van der Waals surface area (Å²) in [6.45, 7) is 10.2. The van der Waals surface area contributed by atoms with E-state index in [1.54, 1.807) is 4.90 Å². The highest BCUT2D eigenvalue weighted by molar-refractivity contribution is 5.75. The first kappa shape index (κ1) is 23.4. The number of alkyl halides is 2. The number of hydrogen-bond acceptors (Lipinski definition) is 5. The van der Waals surface area contributed by atoms with Crippen LogP contribution in [0.4, 0.5) is 13.6 Å². The van der Waals surface area contributed by atoms with Crippen LogP contribution in [0.15, 0.2) is 6.33 Å². The molecule has 3 aliphatic rings. The minimum atomic E-state index is -2.92. The molecule has 3 fully saturated rings. The SMILES string of the molecule is CC1CCN(C(=O)N[C@@H]2[C@@H](N3CCN(C(C)C)CC3)CCCC2(F)F)C(c2nc[nH]n2)C1. The van der Waals surface area contributed by atoms with Crippen LogP contribution in [0.1, 0.15) is 64.7 Å². The zero-order valence-corrected chi connectivity index (χ0v) is 19.4. The molecule has 1 aromatic heterocycles. The molecule has 0 bridgehead atoms. The molecule has 0 spiro atoms.